The number of hydrogen-bond acceptors (Lipinski definition) is 7. The van der Waals surface area contributed by atoms with Crippen molar-refractivity contribution < 1.29 is 18.7 Å². The van der Waals surface area contributed by atoms with Crippen molar-refractivity contribution in [2.75, 3.05) is 38.6 Å². The summed E-state index contributed by atoms with van der Waals surface area (Å²) in [5.41, 5.74) is 2.07. The summed E-state index contributed by atoms with van der Waals surface area (Å²) >= 11 is 13.7. The fourth-order valence-corrected chi connectivity index (χ4v) is 8.05. The van der Waals surface area contributed by atoms with Gasteiger partial charge < -0.3 is 19.5 Å². The van der Waals surface area contributed by atoms with Crippen molar-refractivity contribution >= 4 is 40.7 Å². The maximum absolute atomic E-state index is 15.5. The molecule has 0 bridgehead atoms. The maximum atomic E-state index is 15.5. The number of nitrogens with zero attached hydrogens (tertiary/aromatic N) is 5. The Bertz CT molecular complexity index is 2190. The number of aryl methyl sites for hydroxylation is 2. The minimum atomic E-state index is -0.817. The highest BCUT2D eigenvalue weighted by Gasteiger charge is 2.55. The summed E-state index contributed by atoms with van der Waals surface area (Å²) in [4.78, 5) is 58.7. The zero-order valence-electron chi connectivity index (χ0n) is 27.3. The average Bonchev–Trinajstić information content (AvgIpc) is 3.45. The summed E-state index contributed by atoms with van der Waals surface area (Å²) in [6.07, 6.45) is 2.88. The molecule has 4 heterocycles. The van der Waals surface area contributed by atoms with Crippen LogP contribution in [0.1, 0.15) is 40.9 Å². The lowest BCUT2D eigenvalue weighted by Crippen LogP contribution is -2.72. The molecule has 254 valence electrons. The molecule has 14 heteroatoms. The lowest BCUT2D eigenvalue weighted by Gasteiger charge is -2.61. The molecule has 2 aromatic heterocycles. The number of amides is 2. The number of ether oxygens (including phenoxy) is 1. The molecular weight excluding hydrogens is 674 g/mol. The second-order valence-corrected chi connectivity index (χ2v) is 13.9. The van der Waals surface area contributed by atoms with Gasteiger partial charge in [0, 0.05) is 87.1 Å². The van der Waals surface area contributed by atoms with Gasteiger partial charge in [-0.25, -0.2) is 14.2 Å². The number of aromatic nitrogens is 3. The fraction of sp³-hybridized carbons (Fsp3) is 0.343. The third-order valence-electron chi connectivity index (χ3n) is 9.91. The van der Waals surface area contributed by atoms with E-state index >= 15 is 4.39 Å². The molecule has 4 aromatic rings. The zero-order valence-corrected chi connectivity index (χ0v) is 28.8. The molecule has 2 saturated heterocycles. The largest absolute Gasteiger partial charge is 0.481 e. The van der Waals surface area contributed by atoms with Crippen LogP contribution in [0.4, 0.5) is 10.1 Å². The van der Waals surface area contributed by atoms with E-state index in [0.717, 1.165) is 71.5 Å². The Kier molecular flexibility index (Phi) is 8.16. The van der Waals surface area contributed by atoms with E-state index in [9.17, 15) is 19.2 Å². The third-order valence-corrected chi connectivity index (χ3v) is 10.7. The lowest BCUT2D eigenvalue weighted by molar-refractivity contribution is -0.161. The lowest BCUT2D eigenvalue weighted by atomic mass is 9.72. The van der Waals surface area contributed by atoms with Gasteiger partial charge in [0.15, 0.2) is 0 Å². The molecule has 49 heavy (non-hydrogen) atoms. The SMILES string of the molecule is COc1nc(-c2cccc(-c3c(F)ccc(NC(=O)c4cn(C)c(=O)n(C)c4=O)c3Cl)c2Cl)cc2c1[C@@H](N1CC3(CN(C(C)=O)C3)C1)CC2. The molecule has 0 saturated carbocycles. The van der Waals surface area contributed by atoms with Gasteiger partial charge >= 0.3 is 5.69 Å². The first kappa shape index (κ1) is 33.0. The predicted molar refractivity (Wildman–Crippen MR) is 184 cm³/mol. The van der Waals surface area contributed by atoms with Crippen molar-refractivity contribution in [2.45, 2.75) is 25.8 Å². The Morgan fingerprint density at radius 3 is 2.45 bits per heavy atom. The van der Waals surface area contributed by atoms with Crippen LogP contribution < -0.4 is 21.3 Å². The van der Waals surface area contributed by atoms with Gasteiger partial charge in [-0.15, -0.1) is 0 Å². The van der Waals surface area contributed by atoms with Gasteiger partial charge in [0.05, 0.1) is 28.5 Å². The van der Waals surface area contributed by atoms with Crippen LogP contribution in [-0.2, 0) is 25.3 Å². The highest BCUT2D eigenvalue weighted by molar-refractivity contribution is 6.39. The first-order chi connectivity index (χ1) is 23.3. The van der Waals surface area contributed by atoms with E-state index in [4.69, 9.17) is 32.9 Å². The molecule has 11 nitrogen and oxygen atoms in total. The maximum Gasteiger partial charge on any atom is 0.330 e. The summed E-state index contributed by atoms with van der Waals surface area (Å²) in [5.74, 6) is -0.864. The van der Waals surface area contributed by atoms with Gasteiger partial charge in [0.2, 0.25) is 11.8 Å². The van der Waals surface area contributed by atoms with E-state index in [0.29, 0.717) is 17.1 Å². The number of nitrogens with one attached hydrogen (secondary N) is 1. The van der Waals surface area contributed by atoms with Crippen LogP contribution in [-0.4, -0.2) is 69.0 Å². The van der Waals surface area contributed by atoms with E-state index in [2.05, 4.69) is 10.2 Å². The molecule has 3 aliphatic rings. The van der Waals surface area contributed by atoms with E-state index in [1.54, 1.807) is 32.2 Å². The van der Waals surface area contributed by atoms with Crippen LogP contribution in [0.5, 0.6) is 5.88 Å². The monoisotopic (exact) mass is 706 g/mol. The van der Waals surface area contributed by atoms with Crippen LogP contribution in [0, 0.1) is 11.2 Å². The quantitative estimate of drug-likeness (QED) is 0.310. The molecule has 2 aliphatic heterocycles. The molecule has 1 N–H and O–H groups in total. The molecule has 2 aromatic carbocycles. The van der Waals surface area contributed by atoms with Crippen LogP contribution in [0.15, 0.2) is 52.2 Å². The summed E-state index contributed by atoms with van der Waals surface area (Å²) in [5, 5.41) is 2.65. The van der Waals surface area contributed by atoms with Crippen molar-refractivity contribution in [2.24, 2.45) is 19.5 Å². The van der Waals surface area contributed by atoms with Gasteiger partial charge in [-0.1, -0.05) is 41.4 Å². The van der Waals surface area contributed by atoms with E-state index < -0.39 is 23.0 Å². The van der Waals surface area contributed by atoms with Gasteiger partial charge in [-0.05, 0) is 36.6 Å². The molecule has 1 atom stereocenters. The van der Waals surface area contributed by atoms with Crippen molar-refractivity contribution in [3.63, 3.8) is 0 Å². The summed E-state index contributed by atoms with van der Waals surface area (Å²) in [6, 6.07) is 9.74. The Balaban J connectivity index is 1.18. The van der Waals surface area contributed by atoms with Crippen LogP contribution in [0.25, 0.3) is 22.4 Å². The average molecular weight is 708 g/mol. The first-order valence-electron chi connectivity index (χ1n) is 15.7. The molecule has 0 radical (unpaired) electrons. The van der Waals surface area contributed by atoms with Gasteiger partial charge in [0.1, 0.15) is 11.4 Å². The van der Waals surface area contributed by atoms with Crippen molar-refractivity contribution in [3.8, 4) is 28.3 Å². The summed E-state index contributed by atoms with van der Waals surface area (Å²) in [7, 11) is 4.28. The van der Waals surface area contributed by atoms with Crippen LogP contribution in [0.3, 0.4) is 0 Å². The fourth-order valence-electron chi connectivity index (χ4n) is 7.43. The van der Waals surface area contributed by atoms with E-state index in [1.165, 1.54) is 20.2 Å². The molecule has 7 rings (SSSR count). The number of anilines is 1. The van der Waals surface area contributed by atoms with Gasteiger partial charge in [0.25, 0.3) is 11.5 Å². The number of likely N-dealkylation sites (tertiary alicyclic amines) is 2. The van der Waals surface area contributed by atoms with Gasteiger partial charge in [-0.2, -0.15) is 0 Å². The second kappa shape index (κ2) is 12.1. The number of halogens is 3. The van der Waals surface area contributed by atoms with Crippen molar-refractivity contribution in [1.82, 2.24) is 23.9 Å². The third kappa shape index (κ3) is 5.42. The van der Waals surface area contributed by atoms with Crippen LogP contribution >= 0.6 is 23.2 Å². The standard InChI is InChI=1S/C35H33Cl2FN6O5/c1-18(45)43-14-35(15-43)16-44(17-35)26-11-8-19-12-25(40-32(49-4)27(19)26)20-6-5-7-21(29(20)36)28-23(38)9-10-24(30(28)37)39-31(46)22-13-41(2)34(48)42(3)33(22)47/h5-7,9-10,12-13,26H,8,11,14-17H2,1-4H3,(H,39,46)/t26-/m0/s1. The molecule has 0 unspecified atom stereocenters. The second-order valence-electron chi connectivity index (χ2n) is 13.1. The smallest absolute Gasteiger partial charge is 0.330 e. The predicted octanol–water partition coefficient (Wildman–Crippen LogP) is 4.67. The van der Waals surface area contributed by atoms with Crippen LogP contribution in [0.2, 0.25) is 10.0 Å². The topological polar surface area (TPSA) is 119 Å². The minimum Gasteiger partial charge on any atom is -0.481 e. The van der Waals surface area contributed by atoms with Gasteiger partial charge in [-0.3, -0.25) is 23.9 Å². The number of fused-ring (bicyclic) bond motifs is 1. The highest BCUT2D eigenvalue weighted by Crippen LogP contribution is 2.50. The van der Waals surface area contributed by atoms with Crippen molar-refractivity contribution in [3.05, 3.63) is 96.0 Å². The minimum absolute atomic E-state index is 0.0427. The summed E-state index contributed by atoms with van der Waals surface area (Å²) < 4.78 is 23.3. The van der Waals surface area contributed by atoms with E-state index in [-0.39, 0.29) is 49.8 Å². The molecular formula is C35H33Cl2FN6O5. The molecule has 2 fully saturated rings. The first-order valence-corrected chi connectivity index (χ1v) is 16.5. The zero-order chi connectivity index (χ0) is 34.9. The number of carbonyl (C=O) groups excluding carboxylic acids is 2. The normalized spacial score (nSPS) is 17.8. The number of hydrogen-bond donors (Lipinski definition) is 1. The number of pyridine rings is 1. The Morgan fingerprint density at radius 1 is 1.04 bits per heavy atom. The number of carbonyl (C=O) groups is 2. The summed E-state index contributed by atoms with van der Waals surface area (Å²) in [6.45, 7) is 5.06. The molecule has 1 spiro atoms. The number of benzene rings is 2. The Labute approximate surface area is 290 Å². The Hall–Kier alpha value is -4.52. The molecule has 1 aliphatic carbocycles. The van der Waals surface area contributed by atoms with E-state index in [1.807, 2.05) is 11.0 Å². The highest BCUT2D eigenvalue weighted by atomic mass is 35.5. The number of methoxy groups -OCH3 is 1. The number of rotatable bonds is 6. The Morgan fingerprint density at radius 2 is 1.76 bits per heavy atom. The van der Waals surface area contributed by atoms with Crippen molar-refractivity contribution in [1.29, 1.82) is 0 Å². The molecule has 2 amide bonds.